The Kier molecular flexibility index (Phi) is 3.76. The molecule has 0 saturated heterocycles. The summed E-state index contributed by atoms with van der Waals surface area (Å²) in [4.78, 5) is 16.1. The highest BCUT2D eigenvalue weighted by Gasteiger charge is 2.19. The second-order valence-corrected chi connectivity index (χ2v) is 6.23. The largest absolute Gasteiger partial charge is 0.382 e. The van der Waals surface area contributed by atoms with Crippen LogP contribution >= 0.6 is 0 Å². The fraction of sp³-hybridized carbons (Fsp3) is 0. The quantitative estimate of drug-likeness (QED) is 0.490. The lowest BCUT2D eigenvalue weighted by Gasteiger charge is -2.10. The minimum atomic E-state index is -1.03. The number of nitrogens with two attached hydrogens (primary N) is 1. The number of aromatic nitrogens is 7. The van der Waals surface area contributed by atoms with Crippen LogP contribution in [-0.4, -0.2) is 34.7 Å². The number of aromatic amines is 1. The van der Waals surface area contributed by atoms with Crippen molar-refractivity contribution >= 4 is 16.9 Å². The molecule has 29 heavy (non-hydrogen) atoms. The van der Waals surface area contributed by atoms with Gasteiger partial charge in [0.25, 0.3) is 0 Å². The van der Waals surface area contributed by atoms with Crippen LogP contribution in [0.3, 0.4) is 0 Å². The van der Waals surface area contributed by atoms with Gasteiger partial charge in [-0.05, 0) is 24.3 Å². The van der Waals surface area contributed by atoms with E-state index >= 15 is 0 Å². The van der Waals surface area contributed by atoms with Crippen molar-refractivity contribution in [2.24, 2.45) is 0 Å². The van der Waals surface area contributed by atoms with E-state index in [-0.39, 0.29) is 23.0 Å². The topological polar surface area (TPSA) is 111 Å². The Morgan fingerprint density at radius 2 is 1.97 bits per heavy atom. The number of halogens is 2. The Morgan fingerprint density at radius 3 is 2.86 bits per heavy atom. The number of nitrogen functional groups attached to an aromatic ring is 1. The van der Waals surface area contributed by atoms with Crippen LogP contribution in [0.1, 0.15) is 0 Å². The lowest BCUT2D eigenvalue weighted by atomic mass is 10.2. The van der Waals surface area contributed by atoms with Gasteiger partial charge in [0.15, 0.2) is 29.0 Å². The van der Waals surface area contributed by atoms with Crippen molar-refractivity contribution in [3.63, 3.8) is 0 Å². The maximum atomic E-state index is 14.3. The van der Waals surface area contributed by atoms with Crippen molar-refractivity contribution in [2.45, 2.75) is 0 Å². The standard InChI is InChI=1S/C19H12F2N8/c20-12-2-1-3-14(15(12)21)29-9-26-28-19(29)16-17(22)24-8-13(27-16)11-6-10-4-5-23-18(10)25-7-11/h1-9H,(H2,22,24)(H,23,25). The first-order chi connectivity index (χ1) is 14.1. The summed E-state index contributed by atoms with van der Waals surface area (Å²) in [5.41, 5.74) is 8.10. The highest BCUT2D eigenvalue weighted by Crippen LogP contribution is 2.28. The molecule has 5 aromatic rings. The predicted octanol–water partition coefficient (Wildman–Crippen LogP) is 3.13. The van der Waals surface area contributed by atoms with E-state index in [4.69, 9.17) is 5.73 Å². The van der Waals surface area contributed by atoms with Crippen LogP contribution in [0.5, 0.6) is 0 Å². The fourth-order valence-electron chi connectivity index (χ4n) is 3.03. The number of rotatable bonds is 3. The molecule has 10 heteroatoms. The first-order valence-electron chi connectivity index (χ1n) is 8.52. The number of anilines is 1. The zero-order chi connectivity index (χ0) is 20.0. The van der Waals surface area contributed by atoms with Gasteiger partial charge in [-0.25, -0.2) is 23.7 Å². The molecule has 3 N–H and O–H groups in total. The Labute approximate surface area is 162 Å². The molecule has 0 aliphatic heterocycles. The SMILES string of the molecule is Nc1ncc(-c2cnc3[nH]ccc3c2)nc1-c1nncn1-c1cccc(F)c1F. The first kappa shape index (κ1) is 16.9. The van der Waals surface area contributed by atoms with Crippen molar-refractivity contribution in [2.75, 3.05) is 5.73 Å². The van der Waals surface area contributed by atoms with Crippen molar-refractivity contribution in [3.05, 3.63) is 66.9 Å². The van der Waals surface area contributed by atoms with Gasteiger partial charge in [-0.1, -0.05) is 6.07 Å². The predicted molar refractivity (Wildman–Crippen MR) is 102 cm³/mol. The minimum absolute atomic E-state index is 0.0630. The smallest absolute Gasteiger partial charge is 0.190 e. The molecule has 8 nitrogen and oxygen atoms in total. The molecule has 4 aromatic heterocycles. The van der Waals surface area contributed by atoms with E-state index in [1.54, 1.807) is 12.4 Å². The molecule has 0 aliphatic carbocycles. The molecule has 0 saturated carbocycles. The number of pyridine rings is 1. The molecule has 1 aromatic carbocycles. The van der Waals surface area contributed by atoms with Crippen LogP contribution in [0.4, 0.5) is 14.6 Å². The Morgan fingerprint density at radius 1 is 1.07 bits per heavy atom. The summed E-state index contributed by atoms with van der Waals surface area (Å²) < 4.78 is 29.2. The van der Waals surface area contributed by atoms with E-state index < -0.39 is 11.6 Å². The van der Waals surface area contributed by atoms with Gasteiger partial charge in [0.2, 0.25) is 0 Å². The van der Waals surface area contributed by atoms with Crippen LogP contribution in [0.25, 0.3) is 39.5 Å². The van der Waals surface area contributed by atoms with Gasteiger partial charge < -0.3 is 10.7 Å². The number of benzene rings is 1. The lowest BCUT2D eigenvalue weighted by Crippen LogP contribution is -2.06. The van der Waals surface area contributed by atoms with Crippen LogP contribution in [0.2, 0.25) is 0 Å². The minimum Gasteiger partial charge on any atom is -0.382 e. The summed E-state index contributed by atoms with van der Waals surface area (Å²) in [6.45, 7) is 0. The van der Waals surface area contributed by atoms with Crippen LogP contribution in [-0.2, 0) is 0 Å². The van der Waals surface area contributed by atoms with Gasteiger partial charge >= 0.3 is 0 Å². The number of H-pyrrole nitrogens is 1. The molecule has 0 atom stereocenters. The highest BCUT2D eigenvalue weighted by molar-refractivity contribution is 5.81. The van der Waals surface area contributed by atoms with Crippen LogP contribution in [0.15, 0.2) is 55.2 Å². The molecular weight excluding hydrogens is 378 g/mol. The average Bonchev–Trinajstić information content (AvgIpc) is 3.39. The molecule has 0 spiro atoms. The summed E-state index contributed by atoms with van der Waals surface area (Å²) in [5, 5.41) is 8.71. The third-order valence-corrected chi connectivity index (χ3v) is 4.45. The molecular formula is C19H12F2N8. The Balaban J connectivity index is 1.65. The summed E-state index contributed by atoms with van der Waals surface area (Å²) in [7, 11) is 0. The fourth-order valence-corrected chi connectivity index (χ4v) is 3.03. The maximum Gasteiger partial charge on any atom is 0.190 e. The maximum absolute atomic E-state index is 14.3. The zero-order valence-electron chi connectivity index (χ0n) is 14.7. The molecule has 0 unspecified atom stereocenters. The second-order valence-electron chi connectivity index (χ2n) is 6.23. The summed E-state index contributed by atoms with van der Waals surface area (Å²) in [6.07, 6.45) is 6.21. The molecule has 0 amide bonds. The van der Waals surface area contributed by atoms with E-state index in [1.165, 1.54) is 29.2 Å². The van der Waals surface area contributed by atoms with Gasteiger partial charge in [0.05, 0.1) is 17.6 Å². The zero-order valence-corrected chi connectivity index (χ0v) is 14.7. The van der Waals surface area contributed by atoms with Gasteiger partial charge in [0, 0.05) is 23.3 Å². The van der Waals surface area contributed by atoms with Gasteiger partial charge in [-0.3, -0.25) is 4.57 Å². The third kappa shape index (κ3) is 2.78. The normalized spacial score (nSPS) is 11.2. The summed E-state index contributed by atoms with van der Waals surface area (Å²) in [5.74, 6) is -1.80. The number of hydrogen-bond acceptors (Lipinski definition) is 6. The molecule has 4 heterocycles. The van der Waals surface area contributed by atoms with Crippen LogP contribution in [0, 0.1) is 11.6 Å². The number of nitrogens with zero attached hydrogens (tertiary/aromatic N) is 6. The molecule has 5 rings (SSSR count). The number of hydrogen-bond donors (Lipinski definition) is 2. The molecule has 0 bridgehead atoms. The van der Waals surface area contributed by atoms with E-state index in [0.29, 0.717) is 11.3 Å². The molecule has 0 radical (unpaired) electrons. The lowest BCUT2D eigenvalue weighted by molar-refractivity contribution is 0.504. The van der Waals surface area contributed by atoms with E-state index in [9.17, 15) is 8.78 Å². The van der Waals surface area contributed by atoms with Crippen molar-refractivity contribution in [3.8, 4) is 28.5 Å². The summed E-state index contributed by atoms with van der Waals surface area (Å²) >= 11 is 0. The second kappa shape index (κ2) is 6.44. The van der Waals surface area contributed by atoms with Crippen LogP contribution < -0.4 is 5.73 Å². The third-order valence-electron chi connectivity index (χ3n) is 4.45. The van der Waals surface area contributed by atoms with Gasteiger partial charge in [0.1, 0.15) is 12.0 Å². The van der Waals surface area contributed by atoms with Crippen molar-refractivity contribution < 1.29 is 8.78 Å². The molecule has 0 aliphatic rings. The van der Waals surface area contributed by atoms with E-state index in [2.05, 4.69) is 30.1 Å². The summed E-state index contributed by atoms with van der Waals surface area (Å²) in [6, 6.07) is 7.62. The molecule has 0 fully saturated rings. The number of fused-ring (bicyclic) bond motifs is 1. The van der Waals surface area contributed by atoms with Gasteiger partial charge in [-0.2, -0.15) is 0 Å². The average molecular weight is 390 g/mol. The monoisotopic (exact) mass is 390 g/mol. The van der Waals surface area contributed by atoms with Crippen molar-refractivity contribution in [1.82, 2.24) is 34.7 Å². The first-order valence-corrected chi connectivity index (χ1v) is 8.52. The van der Waals surface area contributed by atoms with E-state index in [0.717, 1.165) is 17.1 Å². The van der Waals surface area contributed by atoms with Crippen molar-refractivity contribution in [1.29, 1.82) is 0 Å². The van der Waals surface area contributed by atoms with Gasteiger partial charge in [-0.15, -0.1) is 10.2 Å². The molecule has 142 valence electrons. The Bertz CT molecular complexity index is 1360. The highest BCUT2D eigenvalue weighted by atomic mass is 19.2. The Hall–Kier alpha value is -4.21. The number of nitrogens with one attached hydrogen (secondary N) is 1. The van der Waals surface area contributed by atoms with E-state index in [1.807, 2.05) is 12.1 Å².